The van der Waals surface area contributed by atoms with E-state index in [4.69, 9.17) is 4.74 Å². The van der Waals surface area contributed by atoms with Crippen molar-refractivity contribution in [2.24, 2.45) is 0 Å². The SMILES string of the molecule is COc1ccccc1C1C(C(=O)CCc2ccccc2)=C(O)C(=O)N1C1CCCCC1. The third-order valence-electron chi connectivity index (χ3n) is 6.43. The summed E-state index contributed by atoms with van der Waals surface area (Å²) in [7, 11) is 1.58. The molecule has 2 aromatic carbocycles. The molecule has 1 atom stereocenters. The average Bonchev–Trinajstić information content (AvgIpc) is 3.09. The summed E-state index contributed by atoms with van der Waals surface area (Å²) >= 11 is 0. The molecule has 2 aromatic rings. The highest BCUT2D eigenvalue weighted by Crippen LogP contribution is 2.44. The lowest BCUT2D eigenvalue weighted by molar-refractivity contribution is -0.132. The highest BCUT2D eigenvalue weighted by atomic mass is 16.5. The van der Waals surface area contributed by atoms with Crippen molar-refractivity contribution >= 4 is 11.7 Å². The van der Waals surface area contributed by atoms with E-state index in [-0.39, 0.29) is 23.8 Å². The summed E-state index contributed by atoms with van der Waals surface area (Å²) in [6, 6.07) is 16.6. The molecule has 1 aliphatic carbocycles. The molecule has 0 radical (unpaired) electrons. The number of aryl methyl sites for hydroxylation is 1. The van der Waals surface area contributed by atoms with Crippen molar-refractivity contribution in [2.75, 3.05) is 7.11 Å². The van der Waals surface area contributed by atoms with E-state index in [1.807, 2.05) is 54.6 Å². The summed E-state index contributed by atoms with van der Waals surface area (Å²) in [5.41, 5.74) is 2.00. The lowest BCUT2D eigenvalue weighted by Gasteiger charge is -2.37. The quantitative estimate of drug-likeness (QED) is 0.691. The Morgan fingerprint density at radius 2 is 1.71 bits per heavy atom. The Hall–Kier alpha value is -3.08. The Bertz CT molecular complexity index is 976. The molecule has 2 aliphatic rings. The van der Waals surface area contributed by atoms with Crippen molar-refractivity contribution < 1.29 is 19.4 Å². The van der Waals surface area contributed by atoms with Crippen molar-refractivity contribution in [3.05, 3.63) is 77.1 Å². The van der Waals surface area contributed by atoms with Gasteiger partial charge in [0.2, 0.25) is 0 Å². The summed E-state index contributed by atoms with van der Waals surface area (Å²) in [4.78, 5) is 28.3. The number of ether oxygens (including phenoxy) is 1. The number of benzene rings is 2. The molecule has 1 heterocycles. The minimum absolute atomic E-state index is 0.0118. The maximum atomic E-state index is 13.3. The van der Waals surface area contributed by atoms with Gasteiger partial charge >= 0.3 is 0 Å². The molecule has 162 valence electrons. The van der Waals surface area contributed by atoms with Crippen LogP contribution in [0, 0.1) is 0 Å². The Kier molecular flexibility index (Phi) is 6.40. The molecule has 1 aliphatic heterocycles. The molecular formula is C26H29NO4. The van der Waals surface area contributed by atoms with E-state index >= 15 is 0 Å². The molecule has 31 heavy (non-hydrogen) atoms. The lowest BCUT2D eigenvalue weighted by atomic mass is 9.89. The molecule has 1 saturated carbocycles. The fourth-order valence-electron chi connectivity index (χ4n) is 4.88. The second-order valence-electron chi connectivity index (χ2n) is 8.32. The zero-order valence-corrected chi connectivity index (χ0v) is 17.9. The molecule has 1 fully saturated rings. The Morgan fingerprint density at radius 3 is 2.42 bits per heavy atom. The molecular weight excluding hydrogens is 390 g/mol. The molecule has 1 amide bonds. The molecule has 0 spiro atoms. The number of aliphatic hydroxyl groups is 1. The van der Waals surface area contributed by atoms with Gasteiger partial charge in [-0.2, -0.15) is 0 Å². The van der Waals surface area contributed by atoms with Crippen LogP contribution in [0.1, 0.15) is 55.7 Å². The van der Waals surface area contributed by atoms with E-state index in [9.17, 15) is 14.7 Å². The van der Waals surface area contributed by atoms with Crippen LogP contribution in [0.3, 0.4) is 0 Å². The van der Waals surface area contributed by atoms with Gasteiger partial charge < -0.3 is 14.7 Å². The average molecular weight is 420 g/mol. The number of rotatable bonds is 7. The number of Topliss-reactive ketones (excluding diaryl/α,β-unsaturated/α-hetero) is 1. The number of ketones is 1. The van der Waals surface area contributed by atoms with Crippen LogP contribution in [0.15, 0.2) is 65.9 Å². The van der Waals surface area contributed by atoms with E-state index in [0.29, 0.717) is 12.2 Å². The van der Waals surface area contributed by atoms with E-state index in [1.165, 1.54) is 0 Å². The van der Waals surface area contributed by atoms with E-state index in [1.54, 1.807) is 12.0 Å². The largest absolute Gasteiger partial charge is 0.503 e. The van der Waals surface area contributed by atoms with Crippen molar-refractivity contribution in [1.29, 1.82) is 0 Å². The summed E-state index contributed by atoms with van der Waals surface area (Å²) in [6.45, 7) is 0. The minimum atomic E-state index is -0.616. The monoisotopic (exact) mass is 419 g/mol. The van der Waals surface area contributed by atoms with Gasteiger partial charge in [-0.1, -0.05) is 67.8 Å². The number of aliphatic hydroxyl groups excluding tert-OH is 1. The highest BCUT2D eigenvalue weighted by Gasteiger charge is 2.47. The Morgan fingerprint density at radius 1 is 1.03 bits per heavy atom. The van der Waals surface area contributed by atoms with Crippen LogP contribution in [0.25, 0.3) is 0 Å². The first kappa shape index (κ1) is 21.2. The number of nitrogens with zero attached hydrogens (tertiary/aromatic N) is 1. The number of carbonyl (C=O) groups is 2. The summed E-state index contributed by atoms with van der Waals surface area (Å²) < 4.78 is 5.57. The molecule has 5 heteroatoms. The topological polar surface area (TPSA) is 66.8 Å². The zero-order valence-electron chi connectivity index (χ0n) is 17.9. The fraction of sp³-hybridized carbons (Fsp3) is 0.385. The molecule has 1 unspecified atom stereocenters. The number of hydrogen-bond acceptors (Lipinski definition) is 4. The van der Waals surface area contributed by atoms with Crippen molar-refractivity contribution in [2.45, 2.75) is 57.0 Å². The Balaban J connectivity index is 1.70. The molecule has 0 bridgehead atoms. The first-order valence-electron chi connectivity index (χ1n) is 11.1. The number of carbonyl (C=O) groups excluding carboxylic acids is 2. The van der Waals surface area contributed by atoms with Gasteiger partial charge in [-0.25, -0.2) is 0 Å². The maximum absolute atomic E-state index is 13.3. The first-order chi connectivity index (χ1) is 15.1. The normalized spacial score (nSPS) is 19.7. The van der Waals surface area contributed by atoms with E-state index in [0.717, 1.165) is 43.2 Å². The maximum Gasteiger partial charge on any atom is 0.290 e. The lowest BCUT2D eigenvalue weighted by Crippen LogP contribution is -2.41. The predicted octanol–water partition coefficient (Wildman–Crippen LogP) is 4.93. The summed E-state index contributed by atoms with van der Waals surface area (Å²) in [5.74, 6) is -0.418. The van der Waals surface area contributed by atoms with Crippen LogP contribution in [-0.4, -0.2) is 34.8 Å². The van der Waals surface area contributed by atoms with Crippen LogP contribution in [0.5, 0.6) is 5.75 Å². The summed E-state index contributed by atoms with van der Waals surface area (Å²) in [6.07, 6.45) is 5.82. The minimum Gasteiger partial charge on any atom is -0.503 e. The number of para-hydroxylation sites is 1. The second kappa shape index (κ2) is 9.38. The van der Waals surface area contributed by atoms with Gasteiger partial charge in [0, 0.05) is 18.0 Å². The number of methoxy groups -OCH3 is 1. The molecule has 1 N–H and O–H groups in total. The fourth-order valence-corrected chi connectivity index (χ4v) is 4.88. The smallest absolute Gasteiger partial charge is 0.290 e. The number of hydrogen-bond donors (Lipinski definition) is 1. The van der Waals surface area contributed by atoms with Gasteiger partial charge in [0.25, 0.3) is 5.91 Å². The van der Waals surface area contributed by atoms with Crippen molar-refractivity contribution in [1.82, 2.24) is 4.90 Å². The van der Waals surface area contributed by atoms with Gasteiger partial charge in [-0.3, -0.25) is 9.59 Å². The van der Waals surface area contributed by atoms with Gasteiger partial charge in [0.1, 0.15) is 5.75 Å². The zero-order chi connectivity index (χ0) is 21.8. The standard InChI is InChI=1S/C26H29NO4/c1-31-22-15-9-8-14-20(22)24-23(21(28)17-16-18-10-4-2-5-11-18)25(29)26(30)27(24)19-12-6-3-7-13-19/h2,4-5,8-11,14-15,19,24,29H,3,6-7,12-13,16-17H2,1H3. The number of amides is 1. The molecule has 5 nitrogen and oxygen atoms in total. The van der Waals surface area contributed by atoms with E-state index < -0.39 is 17.7 Å². The molecule has 4 rings (SSSR count). The van der Waals surface area contributed by atoms with Crippen LogP contribution >= 0.6 is 0 Å². The third-order valence-corrected chi connectivity index (χ3v) is 6.43. The van der Waals surface area contributed by atoms with Crippen LogP contribution in [0.4, 0.5) is 0 Å². The molecule has 0 aromatic heterocycles. The van der Waals surface area contributed by atoms with Gasteiger partial charge in [-0.05, 0) is 30.9 Å². The molecule has 0 saturated heterocycles. The summed E-state index contributed by atoms with van der Waals surface area (Å²) in [5, 5.41) is 10.8. The van der Waals surface area contributed by atoms with E-state index in [2.05, 4.69) is 0 Å². The Labute approximate surface area is 183 Å². The van der Waals surface area contributed by atoms with Crippen LogP contribution < -0.4 is 4.74 Å². The second-order valence-corrected chi connectivity index (χ2v) is 8.32. The van der Waals surface area contributed by atoms with Crippen LogP contribution in [0.2, 0.25) is 0 Å². The predicted molar refractivity (Wildman–Crippen MR) is 119 cm³/mol. The van der Waals surface area contributed by atoms with Gasteiger partial charge in [0.05, 0.1) is 18.7 Å². The highest BCUT2D eigenvalue weighted by molar-refractivity contribution is 6.09. The first-order valence-corrected chi connectivity index (χ1v) is 11.1. The van der Waals surface area contributed by atoms with Gasteiger partial charge in [-0.15, -0.1) is 0 Å². The van der Waals surface area contributed by atoms with Crippen molar-refractivity contribution in [3.63, 3.8) is 0 Å². The third kappa shape index (κ3) is 4.22. The van der Waals surface area contributed by atoms with Crippen molar-refractivity contribution in [3.8, 4) is 5.75 Å². The van der Waals surface area contributed by atoms with Gasteiger partial charge in [0.15, 0.2) is 11.5 Å². The van der Waals surface area contributed by atoms with Crippen LogP contribution in [-0.2, 0) is 16.0 Å².